The highest BCUT2D eigenvalue weighted by atomic mass is 79.9. The monoisotopic (exact) mass is 1590 g/mol. The van der Waals surface area contributed by atoms with E-state index in [1.165, 1.54) is 32.2 Å². The SMILES string of the molecule is CNS(=O)(=O)c1nc2ccc(Oc3c(Br)cc(CC(F)C(=O)O)cc3Br)cc2[nH]1.O=C(O)C(F)Cc1cc(Br)c(Oc2ccc3nc(-c4cocn4)[nH]c3c2)c(Br)c1.O=C(O)C(F)Cc1cc(Br)c(Oc2ccc3nc(-c4ncco4)[nH]c3c2)c(Br)c1. The normalized spacial score (nSPS) is 12.4. The smallest absolute Gasteiger partial charge is 0.338 e. The summed E-state index contributed by atoms with van der Waals surface area (Å²) in [5, 5.41) is 26.0. The van der Waals surface area contributed by atoms with Crippen molar-refractivity contribution in [3.63, 3.8) is 0 Å². The average molecular weight is 1600 g/mol. The molecule has 32 heteroatoms. The van der Waals surface area contributed by atoms with E-state index in [-0.39, 0.29) is 24.4 Å². The molecule has 3 unspecified atom stereocenters. The molecule has 0 spiro atoms. The molecule has 22 nitrogen and oxygen atoms in total. The number of benzene rings is 6. The summed E-state index contributed by atoms with van der Waals surface area (Å²) >= 11 is 20.3. The summed E-state index contributed by atoms with van der Waals surface area (Å²) in [5.41, 5.74) is 5.97. The number of carbonyl (C=O) groups is 3. The van der Waals surface area contributed by atoms with Gasteiger partial charge in [0.2, 0.25) is 23.7 Å². The number of fused-ring (bicyclic) bond motifs is 3. The Hall–Kier alpha value is -7.46. The second-order valence-electron chi connectivity index (χ2n) is 18.2. The van der Waals surface area contributed by atoms with Crippen LogP contribution in [0.3, 0.4) is 0 Å². The van der Waals surface area contributed by atoms with Gasteiger partial charge in [-0.15, -0.1) is 0 Å². The van der Waals surface area contributed by atoms with Crippen molar-refractivity contribution in [3.8, 4) is 57.7 Å². The predicted molar refractivity (Wildman–Crippen MR) is 330 cm³/mol. The number of sulfonamides is 1. The van der Waals surface area contributed by atoms with E-state index in [1.807, 2.05) is 6.07 Å². The summed E-state index contributed by atoms with van der Waals surface area (Å²) in [6.07, 6.45) is -0.873. The van der Waals surface area contributed by atoms with Gasteiger partial charge >= 0.3 is 17.9 Å². The number of aromatic amines is 3. The van der Waals surface area contributed by atoms with Crippen LogP contribution in [-0.2, 0) is 43.7 Å². The molecule has 0 aliphatic heterocycles. The van der Waals surface area contributed by atoms with Crippen LogP contribution < -0.4 is 18.9 Å². The van der Waals surface area contributed by atoms with Gasteiger partial charge in [0.05, 0.1) is 66.1 Å². The molecule has 3 atom stereocenters. The average Bonchev–Trinajstić information content (AvgIpc) is 2.72. The summed E-state index contributed by atoms with van der Waals surface area (Å²) in [6.45, 7) is 0. The Morgan fingerprint density at radius 2 is 0.943 bits per heavy atom. The number of carboxylic acid groups (broad SMARTS) is 3. The third kappa shape index (κ3) is 15.8. The number of hydrogen-bond acceptors (Lipinski definition) is 15. The lowest BCUT2D eigenvalue weighted by atomic mass is 10.1. The van der Waals surface area contributed by atoms with Crippen molar-refractivity contribution in [3.05, 3.63) is 160 Å². The number of nitrogens with zero attached hydrogens (tertiary/aromatic N) is 5. The Balaban J connectivity index is 0.000000156. The van der Waals surface area contributed by atoms with E-state index in [4.69, 9.17) is 38.4 Å². The highest BCUT2D eigenvalue weighted by Crippen LogP contribution is 2.42. The molecule has 5 heterocycles. The quantitative estimate of drug-likeness (QED) is 0.0395. The fourth-order valence-electron chi connectivity index (χ4n) is 7.97. The van der Waals surface area contributed by atoms with Crippen LogP contribution in [0.5, 0.6) is 34.5 Å². The van der Waals surface area contributed by atoms with E-state index in [1.54, 1.807) is 84.9 Å². The zero-order valence-electron chi connectivity index (χ0n) is 43.8. The summed E-state index contributed by atoms with van der Waals surface area (Å²) in [6, 6.07) is 25.2. The molecule has 87 heavy (non-hydrogen) atoms. The zero-order chi connectivity index (χ0) is 62.4. The van der Waals surface area contributed by atoms with Crippen LogP contribution in [0.1, 0.15) is 16.7 Å². The van der Waals surface area contributed by atoms with Crippen molar-refractivity contribution in [2.75, 3.05) is 7.05 Å². The number of oxazole rings is 2. The van der Waals surface area contributed by atoms with Crippen LogP contribution in [0.15, 0.2) is 157 Å². The second kappa shape index (κ2) is 27.7. The number of rotatable bonds is 19. The molecule has 11 rings (SSSR count). The van der Waals surface area contributed by atoms with Gasteiger partial charge in [-0.1, -0.05) is 0 Å². The molecule has 0 fully saturated rings. The van der Waals surface area contributed by atoms with Gasteiger partial charge in [-0.2, -0.15) is 0 Å². The first-order valence-corrected chi connectivity index (χ1v) is 30.9. The van der Waals surface area contributed by atoms with E-state index in [2.05, 4.69) is 140 Å². The minimum absolute atomic E-state index is 0.210. The summed E-state index contributed by atoms with van der Waals surface area (Å²) in [5.74, 6) is -0.184. The standard InChI is InChI=1S/2C19H12Br2FN3O4.C17H14Br2FN3O5S/c20-11-3-9(5-13(22)19(26)27)4-12(21)17(11)29-10-1-2-14-15(6-10)25-18(24-14)16-7-28-8-23-16;20-11-5-9(7-13(22)19(26)27)6-12(21)16(11)29-10-1-2-14-15(8-10)25-17(24-14)18-23-3-4-28-18;1-21-29(26,27)17-22-13-3-2-9(7-14(13)23-17)28-15-10(18)4-8(5-11(15)19)6-12(20)16(24)25/h1-4,6-8,13H,5H2,(H,24,25)(H,26,27);1-6,8,13H,7H2,(H,24,25)(H,26,27);2-5,7,12,21H,6H2,1H3,(H,22,23)(H,24,25). The first-order chi connectivity index (χ1) is 41.4. The van der Waals surface area contributed by atoms with Gasteiger partial charge in [-0.3, -0.25) is 0 Å². The van der Waals surface area contributed by atoms with Gasteiger partial charge in [0.25, 0.3) is 15.9 Å². The molecule has 0 aliphatic rings. The molecular formula is C55H38Br6F3N9O13S. The Bertz CT molecular complexity index is 4220. The van der Waals surface area contributed by atoms with Crippen LogP contribution in [0.2, 0.25) is 0 Å². The number of nitrogens with one attached hydrogen (secondary N) is 4. The van der Waals surface area contributed by atoms with E-state index in [0.717, 1.165) is 22.1 Å². The van der Waals surface area contributed by atoms with Crippen molar-refractivity contribution in [1.82, 2.24) is 44.6 Å². The fraction of sp³-hybridized carbons (Fsp3) is 0.127. The van der Waals surface area contributed by atoms with Gasteiger partial charge in [0.1, 0.15) is 35.5 Å². The van der Waals surface area contributed by atoms with Crippen LogP contribution in [0.25, 0.3) is 56.3 Å². The summed E-state index contributed by atoms with van der Waals surface area (Å²) in [7, 11) is -2.42. The number of halogens is 9. The lowest BCUT2D eigenvalue weighted by molar-refractivity contribution is -0.143. The van der Waals surface area contributed by atoms with Crippen LogP contribution in [0.4, 0.5) is 13.2 Å². The van der Waals surface area contributed by atoms with E-state index < -0.39 is 46.4 Å². The van der Waals surface area contributed by atoms with Crippen molar-refractivity contribution in [2.24, 2.45) is 0 Å². The minimum Gasteiger partial charge on any atom is -0.479 e. The molecule has 0 aliphatic carbocycles. The fourth-order valence-corrected chi connectivity index (χ4v) is 13.0. The molecular weight excluding hydrogens is 1560 g/mol. The van der Waals surface area contributed by atoms with Gasteiger partial charge < -0.3 is 53.3 Å². The predicted octanol–water partition coefficient (Wildman–Crippen LogP) is 14.8. The molecule has 0 bridgehead atoms. The molecule has 5 aromatic heterocycles. The zero-order valence-corrected chi connectivity index (χ0v) is 54.1. The Labute approximate surface area is 538 Å². The third-order valence-corrected chi connectivity index (χ3v) is 16.8. The van der Waals surface area contributed by atoms with Crippen molar-refractivity contribution in [1.29, 1.82) is 0 Å². The van der Waals surface area contributed by atoms with Gasteiger partial charge in [-0.25, -0.2) is 65.6 Å². The topological polar surface area (TPSA) is 324 Å². The van der Waals surface area contributed by atoms with Crippen molar-refractivity contribution in [2.45, 2.75) is 42.9 Å². The van der Waals surface area contributed by atoms with Crippen molar-refractivity contribution >= 4 is 157 Å². The molecule has 11 aromatic rings. The largest absolute Gasteiger partial charge is 0.479 e. The number of imidazole rings is 3. The molecule has 0 saturated heterocycles. The third-order valence-electron chi connectivity index (χ3n) is 12.1. The number of aromatic nitrogens is 8. The first-order valence-electron chi connectivity index (χ1n) is 24.7. The van der Waals surface area contributed by atoms with E-state index in [0.29, 0.717) is 112 Å². The van der Waals surface area contributed by atoms with Gasteiger partial charge in [0.15, 0.2) is 35.3 Å². The Morgan fingerprint density at radius 3 is 1.30 bits per heavy atom. The number of H-pyrrole nitrogens is 3. The van der Waals surface area contributed by atoms with E-state index in [9.17, 15) is 36.0 Å². The molecule has 450 valence electrons. The molecule has 0 radical (unpaired) electrons. The summed E-state index contributed by atoms with van der Waals surface area (Å²) < 4.78 is 97.6. The van der Waals surface area contributed by atoms with Crippen LogP contribution in [-0.4, -0.2) is 107 Å². The van der Waals surface area contributed by atoms with Gasteiger partial charge in [0, 0.05) is 37.5 Å². The van der Waals surface area contributed by atoms with Crippen molar-refractivity contribution < 1.29 is 74.3 Å². The van der Waals surface area contributed by atoms with E-state index >= 15 is 0 Å². The highest BCUT2D eigenvalue weighted by molar-refractivity contribution is 9.12. The number of ether oxygens (including phenoxy) is 3. The number of aliphatic carboxylic acids is 3. The number of alkyl halides is 3. The molecule has 6 aromatic carbocycles. The maximum Gasteiger partial charge on any atom is 0.338 e. The number of hydrogen-bond donors (Lipinski definition) is 7. The Morgan fingerprint density at radius 1 is 0.563 bits per heavy atom. The lowest BCUT2D eigenvalue weighted by Gasteiger charge is -2.12. The lowest BCUT2D eigenvalue weighted by Crippen LogP contribution is -2.19. The van der Waals surface area contributed by atoms with Gasteiger partial charge in [-0.05, 0) is 192 Å². The first kappa shape index (κ1) is 64.0. The maximum absolute atomic E-state index is 13.5. The molecule has 7 N–H and O–H groups in total. The second-order valence-corrected chi connectivity index (χ2v) is 25.1. The molecule has 0 saturated carbocycles. The van der Waals surface area contributed by atoms with Crippen LogP contribution in [0, 0.1) is 0 Å². The maximum atomic E-state index is 13.5. The summed E-state index contributed by atoms with van der Waals surface area (Å²) in [4.78, 5) is 62.2. The molecule has 0 amide bonds. The number of carboxylic acids is 3. The van der Waals surface area contributed by atoms with Crippen LogP contribution >= 0.6 is 95.6 Å². The minimum atomic E-state index is -3.71. The highest BCUT2D eigenvalue weighted by Gasteiger charge is 2.23. The Kier molecular flexibility index (Phi) is 20.4.